The molecule has 0 unspecified atom stereocenters. The van der Waals surface area contributed by atoms with E-state index in [1.165, 1.54) is 30.1 Å². The number of Topliss-reactive ketones (excluding diaryl/α,β-unsaturated/α-hetero) is 1. The third kappa shape index (κ3) is 4.76. The van der Waals surface area contributed by atoms with E-state index in [-0.39, 0.29) is 47.3 Å². The summed E-state index contributed by atoms with van der Waals surface area (Å²) in [6.45, 7) is 1.17. The van der Waals surface area contributed by atoms with E-state index in [1.807, 2.05) is 4.90 Å². The molecule has 10 heteroatoms. The fourth-order valence-electron chi connectivity index (χ4n) is 4.97. The van der Waals surface area contributed by atoms with E-state index in [2.05, 4.69) is 11.1 Å². The van der Waals surface area contributed by atoms with Crippen LogP contribution in [0.2, 0.25) is 0 Å². The molecule has 194 valence electrons. The number of carbonyl (C=O) groups is 1. The van der Waals surface area contributed by atoms with Crippen molar-refractivity contribution >= 4 is 22.6 Å². The fraction of sp³-hybridized carbons (Fsp3) is 0.286. The maximum atomic E-state index is 13.8. The molecule has 3 heterocycles. The quantitative estimate of drug-likeness (QED) is 0.377. The van der Waals surface area contributed by atoms with Crippen LogP contribution in [0.3, 0.4) is 0 Å². The van der Waals surface area contributed by atoms with Gasteiger partial charge >= 0.3 is 0 Å². The molecule has 1 atom stereocenters. The SMILES string of the molecule is COc1cccc(C(=O)Cn2cnc3c(C#N)c(N4CCC[C@@H](N)C4)n(Cc4ccc(F)cc4)c3c2=O)c1. The van der Waals surface area contributed by atoms with Gasteiger partial charge in [0, 0.05) is 31.2 Å². The number of anilines is 1. The highest BCUT2D eigenvalue weighted by Crippen LogP contribution is 2.32. The zero-order valence-electron chi connectivity index (χ0n) is 20.9. The fourth-order valence-corrected chi connectivity index (χ4v) is 4.97. The molecule has 1 saturated heterocycles. The lowest BCUT2D eigenvalue weighted by atomic mass is 10.1. The molecule has 0 saturated carbocycles. The van der Waals surface area contributed by atoms with Crippen LogP contribution >= 0.6 is 0 Å². The van der Waals surface area contributed by atoms with Crippen LogP contribution in [0.1, 0.15) is 34.3 Å². The molecule has 2 N–H and O–H groups in total. The summed E-state index contributed by atoms with van der Waals surface area (Å²) in [5.74, 6) is 0.439. The minimum absolute atomic E-state index is 0.0716. The average molecular weight is 515 g/mol. The van der Waals surface area contributed by atoms with E-state index in [0.717, 1.165) is 18.4 Å². The van der Waals surface area contributed by atoms with Gasteiger partial charge in [0.15, 0.2) is 5.78 Å². The lowest BCUT2D eigenvalue weighted by Gasteiger charge is -2.33. The summed E-state index contributed by atoms with van der Waals surface area (Å²) >= 11 is 0. The van der Waals surface area contributed by atoms with Gasteiger partial charge in [0.05, 0.1) is 20.0 Å². The van der Waals surface area contributed by atoms with Gasteiger partial charge in [-0.3, -0.25) is 14.2 Å². The third-order valence-electron chi connectivity index (χ3n) is 6.83. The molecule has 2 aromatic heterocycles. The van der Waals surface area contributed by atoms with E-state index < -0.39 is 5.56 Å². The molecule has 0 radical (unpaired) electrons. The number of nitriles is 1. The van der Waals surface area contributed by atoms with Gasteiger partial charge < -0.3 is 19.9 Å². The first-order valence-electron chi connectivity index (χ1n) is 12.3. The largest absolute Gasteiger partial charge is 0.497 e. The topological polar surface area (TPSA) is 119 Å². The molecular weight excluding hydrogens is 487 g/mol. The summed E-state index contributed by atoms with van der Waals surface area (Å²) in [5.41, 5.74) is 7.70. The van der Waals surface area contributed by atoms with Gasteiger partial charge in [-0.1, -0.05) is 24.3 Å². The molecule has 0 bridgehead atoms. The molecule has 4 aromatic rings. The van der Waals surface area contributed by atoms with Crippen LogP contribution in [0, 0.1) is 17.1 Å². The predicted octanol–water partition coefficient (Wildman–Crippen LogP) is 3.08. The Bertz CT molecular complexity index is 1600. The van der Waals surface area contributed by atoms with Crippen LogP contribution in [0.15, 0.2) is 59.7 Å². The van der Waals surface area contributed by atoms with E-state index in [9.17, 15) is 19.2 Å². The van der Waals surface area contributed by atoms with Crippen molar-refractivity contribution in [1.82, 2.24) is 14.1 Å². The second kappa shape index (κ2) is 10.5. The summed E-state index contributed by atoms with van der Waals surface area (Å²) in [6, 6.07) is 14.9. The Morgan fingerprint density at radius 1 is 1.26 bits per heavy atom. The highest BCUT2D eigenvalue weighted by Gasteiger charge is 2.29. The Balaban J connectivity index is 1.64. The first-order valence-corrected chi connectivity index (χ1v) is 12.3. The van der Waals surface area contributed by atoms with Crippen molar-refractivity contribution < 1.29 is 13.9 Å². The molecule has 1 aliphatic rings. The Morgan fingerprint density at radius 3 is 2.76 bits per heavy atom. The number of ketones is 1. The summed E-state index contributed by atoms with van der Waals surface area (Å²) in [4.78, 5) is 33.3. The number of nitrogens with zero attached hydrogens (tertiary/aromatic N) is 5. The number of benzene rings is 2. The lowest BCUT2D eigenvalue weighted by Crippen LogP contribution is -2.44. The summed E-state index contributed by atoms with van der Waals surface area (Å²) in [6.07, 6.45) is 3.02. The minimum Gasteiger partial charge on any atom is -0.497 e. The predicted molar refractivity (Wildman–Crippen MR) is 141 cm³/mol. The van der Waals surface area contributed by atoms with Crippen LogP contribution in [-0.4, -0.2) is 46.1 Å². The van der Waals surface area contributed by atoms with Gasteiger partial charge in [0.25, 0.3) is 5.56 Å². The molecule has 9 nitrogen and oxygen atoms in total. The van der Waals surface area contributed by atoms with E-state index in [4.69, 9.17) is 10.5 Å². The van der Waals surface area contributed by atoms with Gasteiger partial charge in [-0.2, -0.15) is 5.26 Å². The van der Waals surface area contributed by atoms with Crippen molar-refractivity contribution in [1.29, 1.82) is 5.26 Å². The second-order valence-corrected chi connectivity index (χ2v) is 9.40. The number of piperidine rings is 1. The standard InChI is InChI=1S/C28H27FN6O3/c1-38-22-6-2-4-19(12-22)24(36)16-34-17-32-25-23(13-30)27(33-11-3-5-21(31)15-33)35(26(25)28(34)37)14-18-7-9-20(29)10-8-18/h2,4,6-10,12,17,21H,3,5,11,14-16,31H2,1H3/t21-/m1/s1. The molecule has 38 heavy (non-hydrogen) atoms. The van der Waals surface area contributed by atoms with Gasteiger partial charge in [-0.25, -0.2) is 9.37 Å². The van der Waals surface area contributed by atoms with Crippen LogP contribution < -0.4 is 20.9 Å². The molecule has 1 fully saturated rings. The second-order valence-electron chi connectivity index (χ2n) is 9.40. The Hall–Kier alpha value is -4.49. The van der Waals surface area contributed by atoms with Crippen molar-refractivity contribution in [2.75, 3.05) is 25.1 Å². The minimum atomic E-state index is -0.447. The number of methoxy groups -OCH3 is 1. The number of hydrogen-bond acceptors (Lipinski definition) is 7. The van der Waals surface area contributed by atoms with Gasteiger partial charge in [0.1, 0.15) is 40.1 Å². The smallest absolute Gasteiger partial charge is 0.278 e. The lowest BCUT2D eigenvalue weighted by molar-refractivity contribution is 0.0970. The Kier molecular flexibility index (Phi) is 6.94. The van der Waals surface area contributed by atoms with Crippen molar-refractivity contribution in [2.45, 2.75) is 32.0 Å². The molecular formula is C28H27FN6O3. The maximum Gasteiger partial charge on any atom is 0.278 e. The number of aromatic nitrogens is 3. The zero-order valence-corrected chi connectivity index (χ0v) is 20.9. The first-order chi connectivity index (χ1) is 18.4. The summed E-state index contributed by atoms with van der Waals surface area (Å²) in [7, 11) is 1.51. The number of halogens is 1. The van der Waals surface area contributed by atoms with Gasteiger partial charge in [-0.15, -0.1) is 0 Å². The highest BCUT2D eigenvalue weighted by atomic mass is 19.1. The Labute approximate surface area is 218 Å². The first kappa shape index (κ1) is 25.2. The Morgan fingerprint density at radius 2 is 2.05 bits per heavy atom. The van der Waals surface area contributed by atoms with Crippen LogP contribution in [0.4, 0.5) is 10.2 Å². The summed E-state index contributed by atoms with van der Waals surface area (Å²) in [5, 5.41) is 10.1. The number of nitrogens with two attached hydrogens (primary N) is 1. The van der Waals surface area contributed by atoms with E-state index in [0.29, 0.717) is 30.2 Å². The molecule has 0 amide bonds. The third-order valence-corrected chi connectivity index (χ3v) is 6.83. The van der Waals surface area contributed by atoms with Crippen molar-refractivity contribution in [3.05, 3.63) is 87.7 Å². The number of ether oxygens (including phenoxy) is 1. The molecule has 5 rings (SSSR count). The molecule has 2 aromatic carbocycles. The van der Waals surface area contributed by atoms with Crippen molar-refractivity contribution in [2.24, 2.45) is 5.73 Å². The normalized spacial score (nSPS) is 15.4. The van der Waals surface area contributed by atoms with Gasteiger partial charge in [-0.05, 0) is 42.7 Å². The van der Waals surface area contributed by atoms with Crippen LogP contribution in [0.25, 0.3) is 11.0 Å². The van der Waals surface area contributed by atoms with E-state index in [1.54, 1.807) is 41.0 Å². The number of rotatable bonds is 7. The monoisotopic (exact) mass is 514 g/mol. The van der Waals surface area contributed by atoms with Crippen molar-refractivity contribution in [3.8, 4) is 11.8 Å². The van der Waals surface area contributed by atoms with E-state index >= 15 is 0 Å². The molecule has 0 aliphatic carbocycles. The number of carbonyl (C=O) groups excluding carboxylic acids is 1. The maximum absolute atomic E-state index is 13.8. The zero-order chi connectivity index (χ0) is 26.8. The number of fused-ring (bicyclic) bond motifs is 1. The number of hydrogen-bond donors (Lipinski definition) is 1. The van der Waals surface area contributed by atoms with Crippen molar-refractivity contribution in [3.63, 3.8) is 0 Å². The average Bonchev–Trinajstić information content (AvgIpc) is 3.25. The van der Waals surface area contributed by atoms with Crippen LogP contribution in [-0.2, 0) is 13.1 Å². The van der Waals surface area contributed by atoms with Crippen LogP contribution in [0.5, 0.6) is 5.75 Å². The molecule has 0 spiro atoms. The molecule has 1 aliphatic heterocycles. The highest BCUT2D eigenvalue weighted by molar-refractivity contribution is 5.96. The van der Waals surface area contributed by atoms with Gasteiger partial charge in [0.2, 0.25) is 0 Å². The summed E-state index contributed by atoms with van der Waals surface area (Å²) < 4.78 is 21.8.